The molecule has 1 aliphatic heterocycles. The van der Waals surface area contributed by atoms with E-state index in [1.54, 1.807) is 0 Å². The number of amides is 2. The Balaban J connectivity index is 1.50. The lowest BCUT2D eigenvalue weighted by Gasteiger charge is -2.29. The molecule has 0 spiro atoms. The maximum absolute atomic E-state index is 12.6. The van der Waals surface area contributed by atoms with Crippen LogP contribution in [0.4, 0.5) is 0 Å². The Hall–Kier alpha value is -2.82. The largest absolute Gasteiger partial charge is 0.494 e. The van der Waals surface area contributed by atoms with E-state index in [4.69, 9.17) is 4.74 Å². The molecule has 0 atom stereocenters. The minimum absolute atomic E-state index is 0.0535. The van der Waals surface area contributed by atoms with Gasteiger partial charge in [-0.25, -0.2) is 0 Å². The highest BCUT2D eigenvalue weighted by atomic mass is 16.5. The van der Waals surface area contributed by atoms with Gasteiger partial charge in [0.1, 0.15) is 5.75 Å². The number of carbonyl (C=O) groups excluding carboxylic acids is 2. The SMILES string of the molecule is CCOc1ccc2c(c1)CN(C(=O)CCNC(=O)c1ccc(C(C)(C)C)cc1)CC2. The summed E-state index contributed by atoms with van der Waals surface area (Å²) in [6.07, 6.45) is 1.15. The molecule has 0 unspecified atom stereocenters. The van der Waals surface area contributed by atoms with Crippen molar-refractivity contribution in [3.8, 4) is 5.75 Å². The fraction of sp³-hybridized carbons (Fsp3) is 0.440. The zero-order valence-corrected chi connectivity index (χ0v) is 18.5. The summed E-state index contributed by atoms with van der Waals surface area (Å²) in [5.41, 5.74) is 4.27. The van der Waals surface area contributed by atoms with Gasteiger partial charge in [-0.15, -0.1) is 0 Å². The second kappa shape index (κ2) is 9.33. The van der Waals surface area contributed by atoms with Crippen LogP contribution in [-0.4, -0.2) is 36.4 Å². The van der Waals surface area contributed by atoms with Gasteiger partial charge in [0.15, 0.2) is 0 Å². The number of benzene rings is 2. The van der Waals surface area contributed by atoms with Crippen LogP contribution >= 0.6 is 0 Å². The smallest absolute Gasteiger partial charge is 0.251 e. The summed E-state index contributed by atoms with van der Waals surface area (Å²) >= 11 is 0. The summed E-state index contributed by atoms with van der Waals surface area (Å²) in [5.74, 6) is 0.759. The molecule has 0 aliphatic carbocycles. The Morgan fingerprint density at radius 2 is 1.80 bits per heavy atom. The molecule has 0 radical (unpaired) electrons. The molecular formula is C25H32N2O3. The Kier molecular flexibility index (Phi) is 6.80. The number of hydrogen-bond acceptors (Lipinski definition) is 3. The van der Waals surface area contributed by atoms with Crippen LogP contribution in [-0.2, 0) is 23.2 Å². The molecule has 30 heavy (non-hydrogen) atoms. The first-order chi connectivity index (χ1) is 14.3. The molecule has 5 heteroatoms. The van der Waals surface area contributed by atoms with Gasteiger partial charge in [-0.05, 0) is 59.7 Å². The highest BCUT2D eigenvalue weighted by Gasteiger charge is 2.21. The minimum atomic E-state index is -0.145. The first-order valence-electron chi connectivity index (χ1n) is 10.7. The molecule has 2 aromatic rings. The Bertz CT molecular complexity index is 898. The average molecular weight is 409 g/mol. The van der Waals surface area contributed by atoms with E-state index < -0.39 is 0 Å². The summed E-state index contributed by atoms with van der Waals surface area (Å²) in [6.45, 7) is 10.7. The lowest BCUT2D eigenvalue weighted by atomic mass is 9.87. The van der Waals surface area contributed by atoms with Gasteiger partial charge in [0.25, 0.3) is 5.91 Å². The molecule has 0 saturated heterocycles. The normalized spacial score (nSPS) is 13.5. The minimum Gasteiger partial charge on any atom is -0.494 e. The van der Waals surface area contributed by atoms with Crippen LogP contribution in [0.2, 0.25) is 0 Å². The lowest BCUT2D eigenvalue weighted by Crippen LogP contribution is -2.38. The van der Waals surface area contributed by atoms with Gasteiger partial charge in [-0.1, -0.05) is 39.0 Å². The van der Waals surface area contributed by atoms with Crippen LogP contribution in [0.15, 0.2) is 42.5 Å². The Morgan fingerprint density at radius 3 is 2.47 bits per heavy atom. The van der Waals surface area contributed by atoms with Crippen molar-refractivity contribution in [2.45, 2.75) is 52.5 Å². The van der Waals surface area contributed by atoms with Gasteiger partial charge < -0.3 is 15.0 Å². The molecular weight excluding hydrogens is 376 g/mol. The van der Waals surface area contributed by atoms with Crippen molar-refractivity contribution in [3.05, 3.63) is 64.7 Å². The zero-order valence-electron chi connectivity index (χ0n) is 18.5. The van der Waals surface area contributed by atoms with Gasteiger partial charge >= 0.3 is 0 Å². The van der Waals surface area contributed by atoms with Crippen molar-refractivity contribution >= 4 is 11.8 Å². The number of carbonyl (C=O) groups is 2. The van der Waals surface area contributed by atoms with Crippen molar-refractivity contribution in [1.29, 1.82) is 0 Å². The van der Waals surface area contributed by atoms with Crippen LogP contribution in [0, 0.1) is 0 Å². The quantitative estimate of drug-likeness (QED) is 0.783. The molecule has 2 amide bonds. The van der Waals surface area contributed by atoms with E-state index in [-0.39, 0.29) is 17.2 Å². The van der Waals surface area contributed by atoms with Crippen LogP contribution in [0.5, 0.6) is 5.75 Å². The molecule has 1 aliphatic rings. The molecule has 0 bridgehead atoms. The summed E-state index contributed by atoms with van der Waals surface area (Å²) in [6, 6.07) is 13.8. The molecule has 5 nitrogen and oxygen atoms in total. The average Bonchev–Trinajstić information content (AvgIpc) is 2.72. The molecule has 1 heterocycles. The van der Waals surface area contributed by atoms with Crippen LogP contribution in [0.3, 0.4) is 0 Å². The maximum Gasteiger partial charge on any atom is 0.251 e. The van der Waals surface area contributed by atoms with Crippen LogP contribution in [0.1, 0.15) is 61.2 Å². The molecule has 0 fully saturated rings. The lowest BCUT2D eigenvalue weighted by molar-refractivity contribution is -0.131. The second-order valence-corrected chi connectivity index (χ2v) is 8.76. The molecule has 0 aromatic heterocycles. The standard InChI is InChI=1S/C25H32N2O3/c1-5-30-22-11-8-18-13-15-27(17-20(18)16-22)23(28)12-14-26-24(29)19-6-9-21(10-7-19)25(2,3)4/h6-11,16H,5,12-15,17H2,1-4H3,(H,26,29). The highest BCUT2D eigenvalue weighted by molar-refractivity contribution is 5.94. The maximum atomic E-state index is 12.6. The summed E-state index contributed by atoms with van der Waals surface area (Å²) in [4.78, 5) is 26.9. The number of fused-ring (bicyclic) bond motifs is 1. The summed E-state index contributed by atoms with van der Waals surface area (Å²) in [7, 11) is 0. The molecule has 3 rings (SSSR count). The molecule has 1 N–H and O–H groups in total. The number of hydrogen-bond donors (Lipinski definition) is 1. The highest BCUT2D eigenvalue weighted by Crippen LogP contribution is 2.24. The van der Waals surface area contributed by atoms with Gasteiger partial charge in [-0.2, -0.15) is 0 Å². The second-order valence-electron chi connectivity index (χ2n) is 8.76. The third kappa shape index (κ3) is 5.41. The van der Waals surface area contributed by atoms with Crippen LogP contribution < -0.4 is 10.1 Å². The monoisotopic (exact) mass is 408 g/mol. The third-order valence-electron chi connectivity index (χ3n) is 5.49. The fourth-order valence-corrected chi connectivity index (χ4v) is 3.67. The van der Waals surface area contributed by atoms with E-state index in [9.17, 15) is 9.59 Å². The Morgan fingerprint density at radius 1 is 1.07 bits per heavy atom. The predicted molar refractivity (Wildman–Crippen MR) is 119 cm³/mol. The fourth-order valence-electron chi connectivity index (χ4n) is 3.67. The third-order valence-corrected chi connectivity index (χ3v) is 5.49. The Labute approximate surface area is 179 Å². The predicted octanol–water partition coefficient (Wildman–Crippen LogP) is 4.09. The molecule has 2 aromatic carbocycles. The topological polar surface area (TPSA) is 58.6 Å². The van der Waals surface area contributed by atoms with E-state index in [0.717, 1.165) is 17.7 Å². The van der Waals surface area contributed by atoms with Crippen molar-refractivity contribution in [2.75, 3.05) is 19.7 Å². The number of rotatable bonds is 6. The van der Waals surface area contributed by atoms with Crippen molar-refractivity contribution < 1.29 is 14.3 Å². The summed E-state index contributed by atoms with van der Waals surface area (Å²) < 4.78 is 5.58. The number of nitrogens with one attached hydrogen (secondary N) is 1. The first kappa shape index (κ1) is 21.9. The number of ether oxygens (including phenoxy) is 1. The van der Waals surface area contributed by atoms with Gasteiger partial charge in [-0.3, -0.25) is 9.59 Å². The van der Waals surface area contributed by atoms with Crippen molar-refractivity contribution in [3.63, 3.8) is 0 Å². The van der Waals surface area contributed by atoms with Crippen LogP contribution in [0.25, 0.3) is 0 Å². The van der Waals surface area contributed by atoms with Crippen molar-refractivity contribution in [2.24, 2.45) is 0 Å². The van der Waals surface area contributed by atoms with Gasteiger partial charge in [0.05, 0.1) is 6.61 Å². The van der Waals surface area contributed by atoms with Gasteiger partial charge in [0, 0.05) is 31.6 Å². The van der Waals surface area contributed by atoms with E-state index >= 15 is 0 Å². The van der Waals surface area contributed by atoms with Gasteiger partial charge in [0.2, 0.25) is 5.91 Å². The van der Waals surface area contributed by atoms with E-state index in [0.29, 0.717) is 38.2 Å². The first-order valence-corrected chi connectivity index (χ1v) is 10.7. The summed E-state index contributed by atoms with van der Waals surface area (Å²) in [5, 5.41) is 2.87. The zero-order chi connectivity index (χ0) is 21.7. The van der Waals surface area contributed by atoms with E-state index in [2.05, 4.69) is 32.2 Å². The van der Waals surface area contributed by atoms with E-state index in [1.165, 1.54) is 11.1 Å². The van der Waals surface area contributed by atoms with Crippen molar-refractivity contribution in [1.82, 2.24) is 10.2 Å². The van der Waals surface area contributed by atoms with E-state index in [1.807, 2.05) is 48.2 Å². The molecule has 160 valence electrons. The number of nitrogens with zero attached hydrogens (tertiary/aromatic N) is 1. The molecule has 0 saturated carbocycles.